The van der Waals surface area contributed by atoms with Gasteiger partial charge in [0.25, 0.3) is 0 Å². The SMILES string of the molecule is O=C(O)C1CN(Cc2ccco2)C(=O)N1. The van der Waals surface area contributed by atoms with Crippen molar-refractivity contribution < 1.29 is 19.1 Å². The Kier molecular flexibility index (Phi) is 2.32. The fraction of sp³-hybridized carbons (Fsp3) is 0.333. The molecule has 0 saturated carbocycles. The average molecular weight is 210 g/mol. The van der Waals surface area contributed by atoms with Crippen molar-refractivity contribution in [2.75, 3.05) is 6.54 Å². The second-order valence-corrected chi connectivity index (χ2v) is 3.30. The van der Waals surface area contributed by atoms with E-state index < -0.39 is 12.0 Å². The zero-order valence-electron chi connectivity index (χ0n) is 7.84. The second kappa shape index (κ2) is 3.64. The van der Waals surface area contributed by atoms with Crippen LogP contribution in [0.3, 0.4) is 0 Å². The minimum Gasteiger partial charge on any atom is -0.480 e. The quantitative estimate of drug-likeness (QED) is 0.749. The Labute approximate surface area is 85.5 Å². The minimum absolute atomic E-state index is 0.162. The van der Waals surface area contributed by atoms with E-state index in [4.69, 9.17) is 9.52 Å². The lowest BCUT2D eigenvalue weighted by atomic mass is 10.3. The summed E-state index contributed by atoms with van der Waals surface area (Å²) >= 11 is 0. The normalized spacial score (nSPS) is 20.4. The lowest BCUT2D eigenvalue weighted by molar-refractivity contribution is -0.138. The van der Waals surface area contributed by atoms with E-state index in [-0.39, 0.29) is 12.6 Å². The maximum atomic E-state index is 11.3. The van der Waals surface area contributed by atoms with Gasteiger partial charge in [0.1, 0.15) is 11.8 Å². The predicted molar refractivity (Wildman–Crippen MR) is 49.1 cm³/mol. The number of carboxylic acid groups (broad SMARTS) is 1. The van der Waals surface area contributed by atoms with Gasteiger partial charge >= 0.3 is 12.0 Å². The van der Waals surface area contributed by atoms with Gasteiger partial charge in [0.05, 0.1) is 19.4 Å². The first-order valence-electron chi connectivity index (χ1n) is 4.47. The zero-order valence-corrected chi connectivity index (χ0v) is 7.84. The van der Waals surface area contributed by atoms with Gasteiger partial charge in [0.2, 0.25) is 0 Å². The van der Waals surface area contributed by atoms with Gasteiger partial charge in [0, 0.05) is 0 Å². The molecule has 80 valence electrons. The average Bonchev–Trinajstić information content (AvgIpc) is 2.77. The smallest absolute Gasteiger partial charge is 0.328 e. The van der Waals surface area contributed by atoms with Gasteiger partial charge in [-0.25, -0.2) is 9.59 Å². The highest BCUT2D eigenvalue weighted by Crippen LogP contribution is 2.10. The first-order valence-corrected chi connectivity index (χ1v) is 4.47. The third kappa shape index (κ3) is 1.93. The van der Waals surface area contributed by atoms with Crippen LogP contribution in [-0.2, 0) is 11.3 Å². The number of amides is 2. The molecule has 1 saturated heterocycles. The summed E-state index contributed by atoms with van der Waals surface area (Å²) in [7, 11) is 0. The molecule has 0 radical (unpaired) electrons. The number of nitrogens with one attached hydrogen (secondary N) is 1. The van der Waals surface area contributed by atoms with Crippen molar-refractivity contribution in [1.82, 2.24) is 10.2 Å². The molecule has 1 aliphatic rings. The molecule has 0 bridgehead atoms. The summed E-state index contributed by atoms with van der Waals surface area (Å²) in [5.41, 5.74) is 0. The molecule has 2 rings (SSSR count). The highest BCUT2D eigenvalue weighted by atomic mass is 16.4. The Bertz CT molecular complexity index is 373. The monoisotopic (exact) mass is 210 g/mol. The Balaban J connectivity index is 2.00. The summed E-state index contributed by atoms with van der Waals surface area (Å²) in [5, 5.41) is 11.1. The van der Waals surface area contributed by atoms with Crippen LogP contribution in [0.4, 0.5) is 4.79 Å². The number of carbonyl (C=O) groups excluding carboxylic acids is 1. The number of aliphatic carboxylic acids is 1. The number of rotatable bonds is 3. The highest BCUT2D eigenvalue weighted by Gasteiger charge is 2.33. The van der Waals surface area contributed by atoms with Crippen molar-refractivity contribution >= 4 is 12.0 Å². The summed E-state index contributed by atoms with van der Waals surface area (Å²) in [6.45, 7) is 0.456. The van der Waals surface area contributed by atoms with Crippen LogP contribution in [0.15, 0.2) is 22.8 Å². The molecular weight excluding hydrogens is 200 g/mol. The van der Waals surface area contributed by atoms with Crippen molar-refractivity contribution in [1.29, 1.82) is 0 Å². The lowest BCUT2D eigenvalue weighted by Crippen LogP contribution is -2.33. The number of nitrogens with zero attached hydrogens (tertiary/aromatic N) is 1. The van der Waals surface area contributed by atoms with Gasteiger partial charge in [-0.3, -0.25) is 0 Å². The summed E-state index contributed by atoms with van der Waals surface area (Å²) < 4.78 is 5.07. The maximum Gasteiger partial charge on any atom is 0.328 e. The number of hydrogen-bond acceptors (Lipinski definition) is 3. The zero-order chi connectivity index (χ0) is 10.8. The molecule has 2 heterocycles. The predicted octanol–water partition coefficient (Wildman–Crippen LogP) is 0.258. The Morgan fingerprint density at radius 3 is 3.07 bits per heavy atom. The molecular formula is C9H10N2O4. The van der Waals surface area contributed by atoms with Crippen molar-refractivity contribution in [2.45, 2.75) is 12.6 Å². The second-order valence-electron chi connectivity index (χ2n) is 3.30. The highest BCUT2D eigenvalue weighted by molar-refractivity contribution is 5.86. The minimum atomic E-state index is -1.02. The molecule has 6 heteroatoms. The first kappa shape index (κ1) is 9.57. The van der Waals surface area contributed by atoms with Crippen molar-refractivity contribution in [2.24, 2.45) is 0 Å². The molecule has 2 amide bonds. The fourth-order valence-corrected chi connectivity index (χ4v) is 1.46. The van der Waals surface area contributed by atoms with Gasteiger partial charge in [-0.05, 0) is 12.1 Å². The third-order valence-electron chi connectivity index (χ3n) is 2.21. The summed E-state index contributed by atoms with van der Waals surface area (Å²) in [5.74, 6) is -0.388. The van der Waals surface area contributed by atoms with Crippen LogP contribution >= 0.6 is 0 Å². The van der Waals surface area contributed by atoms with Gasteiger partial charge in [-0.2, -0.15) is 0 Å². The van der Waals surface area contributed by atoms with Crippen molar-refractivity contribution in [3.63, 3.8) is 0 Å². The van der Waals surface area contributed by atoms with E-state index in [0.29, 0.717) is 12.3 Å². The number of furan rings is 1. The van der Waals surface area contributed by atoms with Gasteiger partial charge < -0.3 is 19.7 Å². The van der Waals surface area contributed by atoms with Gasteiger partial charge in [-0.15, -0.1) is 0 Å². The Hall–Kier alpha value is -1.98. The number of carboxylic acids is 1. The van der Waals surface area contributed by atoms with Gasteiger partial charge in [0.15, 0.2) is 0 Å². The maximum absolute atomic E-state index is 11.3. The summed E-state index contributed by atoms with van der Waals surface area (Å²) in [6.07, 6.45) is 1.51. The molecule has 15 heavy (non-hydrogen) atoms. The number of hydrogen-bond donors (Lipinski definition) is 2. The van der Waals surface area contributed by atoms with Gasteiger partial charge in [-0.1, -0.05) is 0 Å². The molecule has 6 nitrogen and oxygen atoms in total. The molecule has 1 unspecified atom stereocenters. The number of urea groups is 1. The molecule has 1 aromatic rings. The number of carbonyl (C=O) groups is 2. The summed E-state index contributed by atoms with van der Waals surface area (Å²) in [4.78, 5) is 23.4. The molecule has 0 spiro atoms. The molecule has 1 aromatic heterocycles. The lowest BCUT2D eigenvalue weighted by Gasteiger charge is -2.11. The van der Waals surface area contributed by atoms with E-state index in [2.05, 4.69) is 5.32 Å². The molecule has 2 N–H and O–H groups in total. The summed E-state index contributed by atoms with van der Waals surface area (Å²) in [6, 6.07) is 2.26. The Morgan fingerprint density at radius 1 is 1.73 bits per heavy atom. The van der Waals surface area contributed by atoms with Crippen LogP contribution < -0.4 is 5.32 Å². The van der Waals surface area contributed by atoms with Crippen LogP contribution in [0, 0.1) is 0 Å². The largest absolute Gasteiger partial charge is 0.480 e. The van der Waals surface area contributed by atoms with E-state index in [0.717, 1.165) is 0 Å². The fourth-order valence-electron chi connectivity index (χ4n) is 1.46. The van der Waals surface area contributed by atoms with E-state index in [1.165, 1.54) is 11.2 Å². The van der Waals surface area contributed by atoms with Crippen molar-refractivity contribution in [3.05, 3.63) is 24.2 Å². The Morgan fingerprint density at radius 2 is 2.53 bits per heavy atom. The topological polar surface area (TPSA) is 82.8 Å². The van der Waals surface area contributed by atoms with E-state index >= 15 is 0 Å². The molecule has 1 aliphatic heterocycles. The van der Waals surface area contributed by atoms with Crippen LogP contribution in [0.5, 0.6) is 0 Å². The molecule has 0 aromatic carbocycles. The third-order valence-corrected chi connectivity index (χ3v) is 2.21. The van der Waals surface area contributed by atoms with Crippen LogP contribution in [-0.4, -0.2) is 34.6 Å². The van der Waals surface area contributed by atoms with Crippen LogP contribution in [0.2, 0.25) is 0 Å². The van der Waals surface area contributed by atoms with E-state index in [9.17, 15) is 9.59 Å². The molecule has 1 fully saturated rings. The van der Waals surface area contributed by atoms with Crippen LogP contribution in [0.1, 0.15) is 5.76 Å². The molecule has 0 aliphatic carbocycles. The van der Waals surface area contributed by atoms with E-state index in [1.54, 1.807) is 12.1 Å². The first-order chi connectivity index (χ1) is 7.16. The van der Waals surface area contributed by atoms with E-state index in [1.807, 2.05) is 0 Å². The van der Waals surface area contributed by atoms with Crippen LogP contribution in [0.25, 0.3) is 0 Å². The molecule has 1 atom stereocenters. The van der Waals surface area contributed by atoms with Crippen molar-refractivity contribution in [3.8, 4) is 0 Å². The standard InChI is InChI=1S/C9H10N2O4/c12-8(13)7-5-11(9(14)10-7)4-6-2-1-3-15-6/h1-3,7H,4-5H2,(H,10,14)(H,12,13).